The van der Waals surface area contributed by atoms with Crippen molar-refractivity contribution >= 4 is 17.0 Å². The molecular weight excluding hydrogens is 322 g/mol. The zero-order valence-electron chi connectivity index (χ0n) is 13.9. The van der Waals surface area contributed by atoms with Gasteiger partial charge < -0.3 is 14.3 Å². The molecule has 25 heavy (non-hydrogen) atoms. The summed E-state index contributed by atoms with van der Waals surface area (Å²) in [6.07, 6.45) is 2.41. The summed E-state index contributed by atoms with van der Waals surface area (Å²) < 4.78 is 8.60. The van der Waals surface area contributed by atoms with Crippen LogP contribution in [-0.4, -0.2) is 31.3 Å². The number of hydrogen-bond donors (Lipinski definition) is 1. The third-order valence-electron chi connectivity index (χ3n) is 4.58. The molecule has 0 unspecified atom stereocenters. The van der Waals surface area contributed by atoms with Gasteiger partial charge in [0.2, 0.25) is 5.91 Å². The number of hydrogen-bond acceptors (Lipinski definition) is 5. The Morgan fingerprint density at radius 2 is 2.20 bits per heavy atom. The van der Waals surface area contributed by atoms with Crippen LogP contribution < -0.4 is 11.1 Å². The number of rotatable bonds is 4. The first-order chi connectivity index (χ1) is 12.2. The maximum Gasteiger partial charge on any atom is 0.420 e. The maximum atomic E-state index is 12.4. The molecule has 0 fully saturated rings. The Labute approximate surface area is 143 Å². The van der Waals surface area contributed by atoms with Crippen molar-refractivity contribution in [3.8, 4) is 0 Å². The minimum Gasteiger partial charge on any atom is -0.408 e. The number of para-hydroxylation sites is 2. The highest BCUT2D eigenvalue weighted by Gasteiger charge is 2.24. The van der Waals surface area contributed by atoms with Crippen LogP contribution in [0.4, 0.5) is 0 Å². The molecule has 0 saturated heterocycles. The molecule has 3 aromatic rings. The van der Waals surface area contributed by atoms with Gasteiger partial charge in [-0.25, -0.2) is 4.79 Å². The Kier molecular flexibility index (Phi) is 3.87. The first-order valence-electron chi connectivity index (χ1n) is 8.44. The zero-order chi connectivity index (χ0) is 17.4. The highest BCUT2D eigenvalue weighted by Crippen LogP contribution is 2.16. The summed E-state index contributed by atoms with van der Waals surface area (Å²) in [5.74, 6) is 1.19. The van der Waals surface area contributed by atoms with Gasteiger partial charge in [0.15, 0.2) is 5.58 Å². The van der Waals surface area contributed by atoms with Crippen molar-refractivity contribution in [1.82, 2.24) is 24.6 Å². The van der Waals surface area contributed by atoms with Crippen molar-refractivity contribution in [2.75, 3.05) is 0 Å². The van der Waals surface area contributed by atoms with Crippen molar-refractivity contribution < 1.29 is 9.21 Å². The molecule has 1 amide bonds. The zero-order valence-corrected chi connectivity index (χ0v) is 13.9. The van der Waals surface area contributed by atoms with Crippen molar-refractivity contribution in [3.05, 3.63) is 46.5 Å². The SMILES string of the molecule is CCc1nnc2n1C[C@H](NC(=O)Cn1c(=O)oc3ccccc31)CC2. The molecule has 8 heteroatoms. The fraction of sp³-hybridized carbons (Fsp3) is 0.412. The minimum absolute atomic E-state index is 0.00941. The second-order valence-electron chi connectivity index (χ2n) is 6.22. The van der Waals surface area contributed by atoms with Crippen LogP contribution in [0.25, 0.3) is 11.1 Å². The summed E-state index contributed by atoms with van der Waals surface area (Å²) in [7, 11) is 0. The van der Waals surface area contributed by atoms with Crippen LogP contribution in [0.2, 0.25) is 0 Å². The lowest BCUT2D eigenvalue weighted by molar-refractivity contribution is -0.122. The van der Waals surface area contributed by atoms with Gasteiger partial charge in [-0.05, 0) is 18.6 Å². The van der Waals surface area contributed by atoms with E-state index in [2.05, 4.69) is 20.1 Å². The number of aromatic nitrogens is 4. The van der Waals surface area contributed by atoms with Crippen LogP contribution in [0.1, 0.15) is 25.0 Å². The number of benzene rings is 1. The lowest BCUT2D eigenvalue weighted by atomic mass is 10.1. The maximum absolute atomic E-state index is 12.4. The lowest BCUT2D eigenvalue weighted by Crippen LogP contribution is -2.43. The highest BCUT2D eigenvalue weighted by molar-refractivity contribution is 5.79. The van der Waals surface area contributed by atoms with Gasteiger partial charge in [0.1, 0.15) is 18.2 Å². The molecule has 4 rings (SSSR count). The van der Waals surface area contributed by atoms with E-state index in [0.29, 0.717) is 17.6 Å². The number of nitrogens with zero attached hydrogens (tertiary/aromatic N) is 4. The number of carbonyl (C=O) groups excluding carboxylic acids is 1. The predicted octanol–water partition coefficient (Wildman–Crippen LogP) is 0.880. The molecule has 1 N–H and O–H groups in total. The largest absolute Gasteiger partial charge is 0.420 e. The molecule has 0 spiro atoms. The molecule has 1 aliphatic heterocycles. The van der Waals surface area contributed by atoms with E-state index in [-0.39, 0.29) is 18.5 Å². The fourth-order valence-electron chi connectivity index (χ4n) is 3.34. The van der Waals surface area contributed by atoms with Crippen LogP contribution in [0, 0.1) is 0 Å². The van der Waals surface area contributed by atoms with Crippen LogP contribution in [0.15, 0.2) is 33.5 Å². The molecule has 130 valence electrons. The summed E-state index contributed by atoms with van der Waals surface area (Å²) in [6, 6.07) is 7.10. The molecule has 0 bridgehead atoms. The predicted molar refractivity (Wildman–Crippen MR) is 90.1 cm³/mol. The third kappa shape index (κ3) is 2.84. The molecule has 8 nitrogen and oxygen atoms in total. The van der Waals surface area contributed by atoms with Gasteiger partial charge in [0.05, 0.1) is 5.52 Å². The first kappa shape index (κ1) is 15.6. The van der Waals surface area contributed by atoms with Crippen LogP contribution in [0.3, 0.4) is 0 Å². The van der Waals surface area contributed by atoms with Crippen molar-refractivity contribution in [1.29, 1.82) is 0 Å². The molecular formula is C17H19N5O3. The van der Waals surface area contributed by atoms with Gasteiger partial charge in [0, 0.05) is 25.4 Å². The third-order valence-corrected chi connectivity index (χ3v) is 4.58. The fourth-order valence-corrected chi connectivity index (χ4v) is 3.34. The molecule has 0 radical (unpaired) electrons. The van der Waals surface area contributed by atoms with E-state index in [1.165, 1.54) is 4.57 Å². The number of fused-ring (bicyclic) bond motifs is 2. The summed E-state index contributed by atoms with van der Waals surface area (Å²) >= 11 is 0. The van der Waals surface area contributed by atoms with E-state index >= 15 is 0 Å². The Bertz CT molecular complexity index is 970. The number of oxazole rings is 1. The van der Waals surface area contributed by atoms with Crippen LogP contribution in [-0.2, 0) is 30.7 Å². The van der Waals surface area contributed by atoms with Crippen molar-refractivity contribution in [2.24, 2.45) is 0 Å². The summed E-state index contributed by atoms with van der Waals surface area (Å²) in [4.78, 5) is 24.4. The topological polar surface area (TPSA) is 95.0 Å². The summed E-state index contributed by atoms with van der Waals surface area (Å²) in [5.41, 5.74) is 1.11. The second kappa shape index (κ2) is 6.19. The van der Waals surface area contributed by atoms with Gasteiger partial charge in [-0.1, -0.05) is 19.1 Å². The molecule has 0 aliphatic carbocycles. The molecule has 3 heterocycles. The van der Waals surface area contributed by atoms with E-state index in [1.54, 1.807) is 18.2 Å². The quantitative estimate of drug-likeness (QED) is 0.760. The molecule has 1 aromatic carbocycles. The minimum atomic E-state index is -0.519. The van der Waals surface area contributed by atoms with Crippen molar-refractivity contribution in [3.63, 3.8) is 0 Å². The van der Waals surface area contributed by atoms with E-state index < -0.39 is 5.76 Å². The number of carbonyl (C=O) groups is 1. The van der Waals surface area contributed by atoms with Gasteiger partial charge >= 0.3 is 5.76 Å². The van der Waals surface area contributed by atoms with Gasteiger partial charge in [-0.15, -0.1) is 10.2 Å². The Balaban J connectivity index is 1.48. The monoisotopic (exact) mass is 341 g/mol. The molecule has 0 saturated carbocycles. The number of amides is 1. The number of nitrogens with one attached hydrogen (secondary N) is 1. The van der Waals surface area contributed by atoms with E-state index in [9.17, 15) is 9.59 Å². The van der Waals surface area contributed by atoms with Crippen LogP contribution in [0.5, 0.6) is 0 Å². The molecule has 2 aromatic heterocycles. The summed E-state index contributed by atoms with van der Waals surface area (Å²) in [6.45, 7) is 2.65. The highest BCUT2D eigenvalue weighted by atomic mass is 16.4. The first-order valence-corrected chi connectivity index (χ1v) is 8.44. The molecule has 1 atom stereocenters. The average Bonchev–Trinajstić information content (AvgIpc) is 3.15. The normalized spacial score (nSPS) is 16.8. The van der Waals surface area contributed by atoms with Crippen LogP contribution >= 0.6 is 0 Å². The summed E-state index contributed by atoms with van der Waals surface area (Å²) in [5, 5.41) is 11.4. The Morgan fingerprint density at radius 1 is 1.36 bits per heavy atom. The smallest absolute Gasteiger partial charge is 0.408 e. The standard InChI is InChI=1S/C17H19N5O3/c1-2-14-19-20-15-8-7-11(9-22(14)15)18-16(23)10-21-12-5-3-4-6-13(12)25-17(21)24/h3-6,11H,2,7-10H2,1H3,(H,18,23)/t11-/m1/s1. The lowest BCUT2D eigenvalue weighted by Gasteiger charge is -2.25. The van der Waals surface area contributed by atoms with E-state index in [0.717, 1.165) is 30.9 Å². The van der Waals surface area contributed by atoms with E-state index in [1.807, 2.05) is 13.0 Å². The Morgan fingerprint density at radius 3 is 3.04 bits per heavy atom. The van der Waals surface area contributed by atoms with Crippen molar-refractivity contribution in [2.45, 2.75) is 45.3 Å². The second-order valence-corrected chi connectivity index (χ2v) is 6.22. The molecule has 1 aliphatic rings. The van der Waals surface area contributed by atoms with E-state index in [4.69, 9.17) is 4.42 Å². The van der Waals surface area contributed by atoms with Gasteiger partial charge in [-0.2, -0.15) is 0 Å². The van der Waals surface area contributed by atoms with Gasteiger partial charge in [0.25, 0.3) is 0 Å². The van der Waals surface area contributed by atoms with Gasteiger partial charge in [-0.3, -0.25) is 9.36 Å². The number of aryl methyl sites for hydroxylation is 2. The Hall–Kier alpha value is -2.90. The average molecular weight is 341 g/mol.